The maximum atomic E-state index is 12.7. The van der Waals surface area contributed by atoms with Crippen LogP contribution in [0.15, 0.2) is 36.5 Å². The summed E-state index contributed by atoms with van der Waals surface area (Å²) in [5.74, 6) is -0.901. The SMILES string of the molecule is CC(C)C(NC(=O)c1cc(Cl)ncc1Cl)C(=O)c1ccc(C#N)cc1. The number of nitriles is 1. The van der Waals surface area contributed by atoms with Gasteiger partial charge >= 0.3 is 0 Å². The van der Waals surface area contributed by atoms with Crippen LogP contribution in [0.5, 0.6) is 0 Å². The van der Waals surface area contributed by atoms with Crippen molar-refractivity contribution in [3.05, 3.63) is 63.4 Å². The Labute approximate surface area is 155 Å². The zero-order chi connectivity index (χ0) is 18.6. The molecular weight excluding hydrogens is 361 g/mol. The maximum Gasteiger partial charge on any atom is 0.253 e. The number of halogens is 2. The van der Waals surface area contributed by atoms with Crippen LogP contribution in [0.4, 0.5) is 0 Å². The van der Waals surface area contributed by atoms with E-state index >= 15 is 0 Å². The fourth-order valence-electron chi connectivity index (χ4n) is 2.23. The molecule has 0 saturated carbocycles. The number of rotatable bonds is 5. The maximum absolute atomic E-state index is 12.7. The Bertz CT molecular complexity index is 842. The smallest absolute Gasteiger partial charge is 0.253 e. The van der Waals surface area contributed by atoms with Crippen LogP contribution in [0.3, 0.4) is 0 Å². The van der Waals surface area contributed by atoms with E-state index in [9.17, 15) is 9.59 Å². The minimum Gasteiger partial charge on any atom is -0.342 e. The van der Waals surface area contributed by atoms with E-state index in [0.717, 1.165) is 0 Å². The van der Waals surface area contributed by atoms with Crippen LogP contribution in [0.2, 0.25) is 10.2 Å². The monoisotopic (exact) mass is 375 g/mol. The Balaban J connectivity index is 2.25. The molecule has 0 saturated heterocycles. The van der Waals surface area contributed by atoms with Crippen molar-refractivity contribution < 1.29 is 9.59 Å². The number of carbonyl (C=O) groups excluding carboxylic acids is 2. The van der Waals surface area contributed by atoms with Gasteiger partial charge in [0.2, 0.25) is 0 Å². The molecule has 1 aromatic heterocycles. The Morgan fingerprint density at radius 1 is 1.20 bits per heavy atom. The number of amides is 1. The van der Waals surface area contributed by atoms with Gasteiger partial charge in [-0.2, -0.15) is 5.26 Å². The van der Waals surface area contributed by atoms with Crippen LogP contribution in [0.1, 0.15) is 40.1 Å². The van der Waals surface area contributed by atoms with Gasteiger partial charge in [0.05, 0.1) is 28.3 Å². The Hall–Kier alpha value is -2.42. The van der Waals surface area contributed by atoms with E-state index in [-0.39, 0.29) is 27.4 Å². The summed E-state index contributed by atoms with van der Waals surface area (Å²) in [6, 6.07) is 8.86. The summed E-state index contributed by atoms with van der Waals surface area (Å²) in [5, 5.41) is 11.8. The highest BCUT2D eigenvalue weighted by molar-refractivity contribution is 6.35. The van der Waals surface area contributed by atoms with Crippen molar-refractivity contribution in [3.63, 3.8) is 0 Å². The van der Waals surface area contributed by atoms with E-state index in [2.05, 4.69) is 10.3 Å². The molecule has 1 N–H and O–H groups in total. The van der Waals surface area contributed by atoms with Crippen molar-refractivity contribution >= 4 is 34.9 Å². The second-order valence-electron chi connectivity index (χ2n) is 5.74. The average molecular weight is 376 g/mol. The lowest BCUT2D eigenvalue weighted by Crippen LogP contribution is -2.44. The van der Waals surface area contributed by atoms with Crippen molar-refractivity contribution in [1.29, 1.82) is 5.26 Å². The normalized spacial score (nSPS) is 11.7. The number of benzene rings is 1. The van der Waals surface area contributed by atoms with Gasteiger partial charge in [-0.05, 0) is 24.1 Å². The standard InChI is InChI=1S/C18H15Cl2N3O2/c1-10(2)16(17(24)12-5-3-11(8-21)4-6-12)23-18(25)13-7-15(20)22-9-14(13)19/h3-7,9-10,16H,1-2H3,(H,23,25). The fraction of sp³-hybridized carbons (Fsp3) is 0.222. The minimum absolute atomic E-state index is 0.133. The summed E-state index contributed by atoms with van der Waals surface area (Å²) in [6.45, 7) is 3.65. The topological polar surface area (TPSA) is 82.8 Å². The van der Waals surface area contributed by atoms with Crippen LogP contribution in [0, 0.1) is 17.2 Å². The van der Waals surface area contributed by atoms with E-state index in [1.807, 2.05) is 19.9 Å². The number of hydrogen-bond acceptors (Lipinski definition) is 4. The zero-order valence-electron chi connectivity index (χ0n) is 13.6. The summed E-state index contributed by atoms with van der Waals surface area (Å²) < 4.78 is 0. The van der Waals surface area contributed by atoms with Gasteiger partial charge in [-0.15, -0.1) is 0 Å². The fourth-order valence-corrected chi connectivity index (χ4v) is 2.58. The Kier molecular flexibility index (Phi) is 6.13. The van der Waals surface area contributed by atoms with Crippen molar-refractivity contribution in [3.8, 4) is 6.07 Å². The van der Waals surface area contributed by atoms with Crippen LogP contribution in [-0.2, 0) is 0 Å². The summed E-state index contributed by atoms with van der Waals surface area (Å²) in [7, 11) is 0. The van der Waals surface area contributed by atoms with Gasteiger partial charge in [0, 0.05) is 11.8 Å². The largest absolute Gasteiger partial charge is 0.342 e. The van der Waals surface area contributed by atoms with E-state index in [1.165, 1.54) is 12.3 Å². The highest BCUT2D eigenvalue weighted by Crippen LogP contribution is 2.19. The van der Waals surface area contributed by atoms with Gasteiger partial charge in [0.15, 0.2) is 5.78 Å². The number of Topliss-reactive ketones (excluding diaryl/α,β-unsaturated/α-hetero) is 1. The van der Waals surface area contributed by atoms with E-state index in [1.54, 1.807) is 24.3 Å². The molecule has 5 nitrogen and oxygen atoms in total. The first-order valence-corrected chi connectivity index (χ1v) is 8.25. The lowest BCUT2D eigenvalue weighted by molar-refractivity contribution is 0.0831. The lowest BCUT2D eigenvalue weighted by Gasteiger charge is -2.21. The minimum atomic E-state index is -0.747. The second kappa shape index (κ2) is 8.11. The molecule has 1 amide bonds. The van der Waals surface area contributed by atoms with Gasteiger partial charge in [0.25, 0.3) is 5.91 Å². The molecule has 0 aliphatic carbocycles. The molecule has 0 fully saturated rings. The molecule has 1 unspecified atom stereocenters. The third kappa shape index (κ3) is 4.56. The molecular formula is C18H15Cl2N3O2. The molecule has 1 aromatic carbocycles. The number of ketones is 1. The summed E-state index contributed by atoms with van der Waals surface area (Å²) in [6.07, 6.45) is 1.28. The van der Waals surface area contributed by atoms with E-state index < -0.39 is 11.9 Å². The highest BCUT2D eigenvalue weighted by atomic mass is 35.5. The Morgan fingerprint density at radius 2 is 1.84 bits per heavy atom. The first-order valence-electron chi connectivity index (χ1n) is 7.49. The Morgan fingerprint density at radius 3 is 2.40 bits per heavy atom. The van der Waals surface area contributed by atoms with Crippen molar-refractivity contribution in [2.75, 3.05) is 0 Å². The van der Waals surface area contributed by atoms with E-state index in [4.69, 9.17) is 28.5 Å². The van der Waals surface area contributed by atoms with Crippen molar-refractivity contribution in [2.24, 2.45) is 5.92 Å². The third-order valence-electron chi connectivity index (χ3n) is 3.60. The van der Waals surface area contributed by atoms with Crippen molar-refractivity contribution in [2.45, 2.75) is 19.9 Å². The summed E-state index contributed by atoms with van der Waals surface area (Å²) in [5.41, 5.74) is 1.02. The lowest BCUT2D eigenvalue weighted by atomic mass is 9.94. The second-order valence-corrected chi connectivity index (χ2v) is 6.53. The number of carbonyl (C=O) groups is 2. The number of nitrogens with zero attached hydrogens (tertiary/aromatic N) is 2. The van der Waals surface area contributed by atoms with Crippen molar-refractivity contribution in [1.82, 2.24) is 10.3 Å². The first kappa shape index (κ1) is 18.9. The molecule has 0 aliphatic heterocycles. The summed E-state index contributed by atoms with van der Waals surface area (Å²) in [4.78, 5) is 29.0. The van der Waals surface area contributed by atoms with E-state index in [0.29, 0.717) is 11.1 Å². The quantitative estimate of drug-likeness (QED) is 0.634. The molecule has 128 valence electrons. The number of hydrogen-bond donors (Lipinski definition) is 1. The third-order valence-corrected chi connectivity index (χ3v) is 4.11. The molecule has 0 aliphatic rings. The molecule has 0 spiro atoms. The molecule has 0 radical (unpaired) electrons. The molecule has 25 heavy (non-hydrogen) atoms. The number of nitrogens with one attached hydrogen (secondary N) is 1. The van der Waals surface area contributed by atoms with Crippen LogP contribution >= 0.6 is 23.2 Å². The van der Waals surface area contributed by atoms with Crippen LogP contribution in [-0.4, -0.2) is 22.7 Å². The molecule has 2 aromatic rings. The predicted molar refractivity (Wildman–Crippen MR) is 95.8 cm³/mol. The van der Waals surface area contributed by atoms with Gasteiger partial charge in [-0.3, -0.25) is 9.59 Å². The van der Waals surface area contributed by atoms with Crippen LogP contribution < -0.4 is 5.32 Å². The molecule has 1 atom stereocenters. The molecule has 0 bridgehead atoms. The number of aromatic nitrogens is 1. The van der Waals surface area contributed by atoms with Gasteiger partial charge in [-0.25, -0.2) is 4.98 Å². The zero-order valence-corrected chi connectivity index (χ0v) is 15.1. The molecule has 7 heteroatoms. The predicted octanol–water partition coefficient (Wildman–Crippen LogP) is 3.90. The first-order chi connectivity index (χ1) is 11.8. The average Bonchev–Trinajstić information content (AvgIpc) is 2.60. The summed E-state index contributed by atoms with van der Waals surface area (Å²) >= 11 is 11.8. The highest BCUT2D eigenvalue weighted by Gasteiger charge is 2.26. The molecule has 2 rings (SSSR count). The van der Waals surface area contributed by atoms with Gasteiger partial charge in [0.1, 0.15) is 5.15 Å². The van der Waals surface area contributed by atoms with Crippen LogP contribution in [0.25, 0.3) is 0 Å². The van der Waals surface area contributed by atoms with Gasteiger partial charge < -0.3 is 5.32 Å². The van der Waals surface area contributed by atoms with Gasteiger partial charge in [-0.1, -0.05) is 49.2 Å². The molecule has 1 heterocycles. The number of pyridine rings is 1.